The molecule has 3 aromatic rings. The fourth-order valence-electron chi connectivity index (χ4n) is 3.01. The Balaban J connectivity index is 1.77. The standard InChI is InChI=1S/C21H16Cl2N2/c22-17-12-10-15(11-13-17)19-14-21(16-6-2-1-3-7-16)25(24-19)20-9-5-4-8-18(20)23/h1-14,21,24H. The molecule has 1 aliphatic heterocycles. The van der Waals surface area contributed by atoms with Gasteiger partial charge in [-0.05, 0) is 41.5 Å². The third-order valence-corrected chi connectivity index (χ3v) is 4.82. The van der Waals surface area contributed by atoms with Gasteiger partial charge in [-0.3, -0.25) is 10.4 Å². The van der Waals surface area contributed by atoms with Crippen LogP contribution in [0.25, 0.3) is 5.70 Å². The first-order valence-electron chi connectivity index (χ1n) is 8.05. The van der Waals surface area contributed by atoms with Crippen molar-refractivity contribution in [2.75, 3.05) is 5.01 Å². The molecule has 0 amide bonds. The number of nitrogens with zero attached hydrogens (tertiary/aromatic N) is 1. The van der Waals surface area contributed by atoms with E-state index in [4.69, 9.17) is 23.2 Å². The van der Waals surface area contributed by atoms with Crippen molar-refractivity contribution in [1.29, 1.82) is 0 Å². The zero-order valence-corrected chi connectivity index (χ0v) is 14.9. The zero-order valence-electron chi connectivity index (χ0n) is 13.4. The average Bonchev–Trinajstić information content (AvgIpc) is 3.08. The van der Waals surface area contributed by atoms with Crippen LogP contribution in [0.3, 0.4) is 0 Å². The molecule has 4 rings (SSSR count). The van der Waals surface area contributed by atoms with Gasteiger partial charge >= 0.3 is 0 Å². The Bertz CT molecular complexity index is 905. The van der Waals surface area contributed by atoms with Gasteiger partial charge in [0.1, 0.15) is 0 Å². The third-order valence-electron chi connectivity index (χ3n) is 4.25. The number of hydrogen-bond donors (Lipinski definition) is 1. The second-order valence-corrected chi connectivity index (χ2v) is 6.72. The van der Waals surface area contributed by atoms with E-state index in [2.05, 4.69) is 28.6 Å². The summed E-state index contributed by atoms with van der Waals surface area (Å²) in [5.74, 6) is 0. The van der Waals surface area contributed by atoms with Gasteiger partial charge in [0.15, 0.2) is 0 Å². The van der Waals surface area contributed by atoms with Crippen LogP contribution in [0.15, 0.2) is 84.9 Å². The molecule has 0 saturated carbocycles. The van der Waals surface area contributed by atoms with E-state index >= 15 is 0 Å². The van der Waals surface area contributed by atoms with Gasteiger partial charge < -0.3 is 0 Å². The molecule has 1 N–H and O–H groups in total. The Kier molecular flexibility index (Phi) is 4.39. The normalized spacial score (nSPS) is 16.5. The van der Waals surface area contributed by atoms with Crippen LogP contribution in [0.5, 0.6) is 0 Å². The van der Waals surface area contributed by atoms with Crippen LogP contribution >= 0.6 is 23.2 Å². The number of benzene rings is 3. The molecule has 0 bridgehead atoms. The van der Waals surface area contributed by atoms with E-state index in [1.54, 1.807) is 0 Å². The molecule has 4 heteroatoms. The van der Waals surface area contributed by atoms with Gasteiger partial charge in [-0.25, -0.2) is 0 Å². The lowest BCUT2D eigenvalue weighted by atomic mass is 10.0. The number of anilines is 1. The Morgan fingerprint density at radius 1 is 0.760 bits per heavy atom. The Morgan fingerprint density at radius 3 is 2.16 bits per heavy atom. The molecule has 124 valence electrons. The molecule has 0 aliphatic carbocycles. The quantitative estimate of drug-likeness (QED) is 0.602. The number of rotatable bonds is 3. The Hall–Kier alpha value is -2.42. The minimum absolute atomic E-state index is 0.0479. The monoisotopic (exact) mass is 366 g/mol. The first-order chi connectivity index (χ1) is 12.2. The maximum Gasteiger partial charge on any atom is 0.0959 e. The molecule has 0 saturated heterocycles. The van der Waals surface area contributed by atoms with E-state index < -0.39 is 0 Å². The predicted octanol–water partition coefficient (Wildman–Crippen LogP) is 6.10. The molecular formula is C21H16Cl2N2. The van der Waals surface area contributed by atoms with E-state index in [0.29, 0.717) is 5.02 Å². The molecule has 1 aliphatic rings. The fraction of sp³-hybridized carbons (Fsp3) is 0.0476. The van der Waals surface area contributed by atoms with Crippen LogP contribution in [0.1, 0.15) is 17.2 Å². The highest BCUT2D eigenvalue weighted by Gasteiger charge is 2.28. The van der Waals surface area contributed by atoms with E-state index in [-0.39, 0.29) is 6.04 Å². The van der Waals surface area contributed by atoms with Crippen LogP contribution < -0.4 is 10.4 Å². The molecule has 2 nitrogen and oxygen atoms in total. The van der Waals surface area contributed by atoms with E-state index in [1.165, 1.54) is 5.56 Å². The van der Waals surface area contributed by atoms with Crippen molar-refractivity contribution in [1.82, 2.24) is 5.43 Å². The second-order valence-electron chi connectivity index (χ2n) is 5.88. The minimum atomic E-state index is 0.0479. The van der Waals surface area contributed by atoms with Crippen LogP contribution in [-0.4, -0.2) is 0 Å². The van der Waals surface area contributed by atoms with Crippen molar-refractivity contribution in [3.63, 3.8) is 0 Å². The van der Waals surface area contributed by atoms with Crippen LogP contribution in [0, 0.1) is 0 Å². The number of halogens is 2. The summed E-state index contributed by atoms with van der Waals surface area (Å²) in [5, 5.41) is 3.54. The molecule has 0 fully saturated rings. The summed E-state index contributed by atoms with van der Waals surface area (Å²) in [4.78, 5) is 0. The fourth-order valence-corrected chi connectivity index (χ4v) is 3.36. The molecule has 1 unspecified atom stereocenters. The largest absolute Gasteiger partial charge is 0.297 e. The van der Waals surface area contributed by atoms with Crippen LogP contribution in [0.4, 0.5) is 5.69 Å². The molecule has 3 aromatic carbocycles. The summed E-state index contributed by atoms with van der Waals surface area (Å²) < 4.78 is 0. The van der Waals surface area contributed by atoms with Crippen molar-refractivity contribution in [3.05, 3.63) is 106 Å². The first-order valence-corrected chi connectivity index (χ1v) is 8.81. The predicted molar refractivity (Wildman–Crippen MR) is 106 cm³/mol. The Morgan fingerprint density at radius 2 is 1.44 bits per heavy atom. The molecule has 1 atom stereocenters. The number of para-hydroxylation sites is 1. The zero-order chi connectivity index (χ0) is 17.2. The van der Waals surface area contributed by atoms with E-state index in [0.717, 1.165) is 22.0 Å². The summed E-state index contributed by atoms with van der Waals surface area (Å²) in [5.41, 5.74) is 7.75. The van der Waals surface area contributed by atoms with Crippen LogP contribution in [-0.2, 0) is 0 Å². The highest BCUT2D eigenvalue weighted by atomic mass is 35.5. The smallest absolute Gasteiger partial charge is 0.0959 e. The number of hydrogen-bond acceptors (Lipinski definition) is 2. The van der Waals surface area contributed by atoms with Gasteiger partial charge in [0, 0.05) is 5.02 Å². The molecule has 0 radical (unpaired) electrons. The van der Waals surface area contributed by atoms with Crippen molar-refractivity contribution >= 4 is 34.6 Å². The van der Waals surface area contributed by atoms with E-state index in [1.807, 2.05) is 66.7 Å². The third kappa shape index (κ3) is 3.23. The molecule has 0 spiro atoms. The summed E-state index contributed by atoms with van der Waals surface area (Å²) in [6.07, 6.45) is 2.21. The maximum atomic E-state index is 6.45. The van der Waals surface area contributed by atoms with Crippen molar-refractivity contribution in [3.8, 4) is 0 Å². The second kappa shape index (κ2) is 6.83. The van der Waals surface area contributed by atoms with Gasteiger partial charge in [0.25, 0.3) is 0 Å². The maximum absolute atomic E-state index is 6.45. The molecule has 25 heavy (non-hydrogen) atoms. The topological polar surface area (TPSA) is 15.3 Å². The van der Waals surface area contributed by atoms with Gasteiger partial charge in [-0.15, -0.1) is 0 Å². The Labute approximate surface area is 157 Å². The van der Waals surface area contributed by atoms with E-state index in [9.17, 15) is 0 Å². The highest BCUT2D eigenvalue weighted by Crippen LogP contribution is 2.37. The summed E-state index contributed by atoms with van der Waals surface area (Å²) in [6.45, 7) is 0. The summed E-state index contributed by atoms with van der Waals surface area (Å²) in [7, 11) is 0. The summed E-state index contributed by atoms with van der Waals surface area (Å²) >= 11 is 12.5. The highest BCUT2D eigenvalue weighted by molar-refractivity contribution is 6.33. The van der Waals surface area contributed by atoms with Gasteiger partial charge in [-0.1, -0.05) is 77.8 Å². The van der Waals surface area contributed by atoms with Crippen molar-refractivity contribution in [2.45, 2.75) is 6.04 Å². The summed E-state index contributed by atoms with van der Waals surface area (Å²) in [6, 6.07) is 26.1. The molecular weight excluding hydrogens is 351 g/mol. The lowest BCUT2D eigenvalue weighted by Crippen LogP contribution is -2.34. The lowest BCUT2D eigenvalue weighted by Gasteiger charge is -2.28. The first kappa shape index (κ1) is 16.1. The molecule has 1 heterocycles. The van der Waals surface area contributed by atoms with Crippen molar-refractivity contribution in [2.24, 2.45) is 0 Å². The lowest BCUT2D eigenvalue weighted by molar-refractivity contribution is 0.724. The minimum Gasteiger partial charge on any atom is -0.297 e. The number of hydrazine groups is 1. The number of nitrogens with one attached hydrogen (secondary N) is 1. The van der Waals surface area contributed by atoms with Crippen molar-refractivity contribution < 1.29 is 0 Å². The van der Waals surface area contributed by atoms with Gasteiger partial charge in [0.05, 0.1) is 22.4 Å². The van der Waals surface area contributed by atoms with Gasteiger partial charge in [0.2, 0.25) is 0 Å². The van der Waals surface area contributed by atoms with Crippen LogP contribution in [0.2, 0.25) is 10.0 Å². The van der Waals surface area contributed by atoms with Gasteiger partial charge in [-0.2, -0.15) is 0 Å². The molecule has 0 aromatic heterocycles. The average molecular weight is 367 g/mol. The SMILES string of the molecule is Clc1ccc(C2=CC(c3ccccc3)N(c3ccccc3Cl)N2)cc1.